The zero-order chi connectivity index (χ0) is 75.1. The molecule has 5 rings (SSSR count). The number of nitrogens with two attached hydrogens (primary N) is 4. The third kappa shape index (κ3) is 29.4. The first-order chi connectivity index (χ1) is 48.4. The number of rotatable bonds is 31. The summed E-state index contributed by atoms with van der Waals surface area (Å²) >= 11 is 0. The maximum Gasteiger partial charge on any atom is 0.408 e. The van der Waals surface area contributed by atoms with Crippen LogP contribution in [0.2, 0.25) is 0 Å². The van der Waals surface area contributed by atoms with Gasteiger partial charge in [0.2, 0.25) is 65.0 Å². The van der Waals surface area contributed by atoms with E-state index in [1.54, 1.807) is 51.1 Å². The summed E-state index contributed by atoms with van der Waals surface area (Å²) in [5, 5.41) is 73.0. The largest absolute Gasteiger partial charge is 0.508 e. The van der Waals surface area contributed by atoms with Crippen molar-refractivity contribution in [3.63, 3.8) is 0 Å². The Morgan fingerprint density at radius 3 is 1.94 bits per heavy atom. The number of unbranched alkanes of at least 4 members (excludes halogenated alkanes) is 5. The number of phenolic OH excluding ortho intramolecular Hbond substituents is 1. The van der Waals surface area contributed by atoms with E-state index in [1.807, 2.05) is 0 Å². The van der Waals surface area contributed by atoms with Crippen LogP contribution in [-0.4, -0.2) is 243 Å². The molecule has 0 unspecified atom stereocenters. The molecule has 3 aliphatic rings. The van der Waals surface area contributed by atoms with Gasteiger partial charge >= 0.3 is 6.09 Å². The Bertz CT molecular complexity index is 3170. The SMILES string of the molecule is CC(C)(C)OC(=O)N[C@H]1CSSC[C@@H](C(=O)N2CCC[C@H]2C(=O)N[C@@H](CCCN=C(N)N)C(=O)NCC(=O)NCCCCCCCCO[C@@H]2O[C@H](CO)[C@H](O)[C@H](O)[C@H]2O)NC(=O)[C@H](CC(N)=O)NC(=O)[C@H](CCC(N)=O)NC(=O)[C@H](Cc2ccccc2)NC(=O)[C@H](Cc2ccc(O)cc2)NC1=O. The predicted octanol–water partition coefficient (Wildman–Crippen LogP) is -4.05. The molecule has 2 aromatic carbocycles. The van der Waals surface area contributed by atoms with Gasteiger partial charge in [0.25, 0.3) is 0 Å². The van der Waals surface area contributed by atoms with E-state index < -0.39 is 188 Å². The standard InChI is InChI=1S/C65H99N15O20S2/c1-65(2,3)100-64(97)79-44-34-101-102-35-45(78-58(93)43(31-49(67)84)77-55(90)40(23-24-48(66)83)73-56(91)41(29-36-15-9-8-10-16-36)75-57(92)42(76-59(44)94)30-37-19-21-38(82)22-20-37)61(96)80-27-14-18-46(80)60(95)74-39(17-13-26-71-63(68)69)54(89)72-32-50(85)70-25-11-6-4-5-7-12-28-98-62-53(88)52(87)51(86)47(33-81)99-62/h8-10,15-16,19-22,39-47,51-53,62,81-82,86-88H,4-7,11-14,17-18,23-35H2,1-3H3,(H2,66,83)(H2,67,84)(H,70,85)(H,72,89)(H,73,91)(H,74,95)(H,75,92)(H,76,94)(H,77,90)(H,78,93)(H,79,97)(H4,68,69,71)/t39-,40-,41-,42-,43-,44-,45-,46-,47+,51-,52-,53+,62+/m0/s1. The number of primary amides is 2. The fraction of sp³-hybridized carbons (Fsp3) is 0.615. The Labute approximate surface area is 598 Å². The number of nitrogens with one attached hydrogen (secondary N) is 9. The maximum absolute atomic E-state index is 15.1. The molecule has 0 aromatic heterocycles. The molecule has 3 aliphatic heterocycles. The number of aliphatic imine (C=N–C) groups is 1. The highest BCUT2D eigenvalue weighted by Gasteiger charge is 2.45. The monoisotopic (exact) mass is 1470 g/mol. The van der Waals surface area contributed by atoms with E-state index in [1.165, 1.54) is 24.3 Å². The van der Waals surface area contributed by atoms with Crippen LogP contribution in [0, 0.1) is 0 Å². The number of phenols is 1. The first-order valence-electron chi connectivity index (χ1n) is 33.7. The van der Waals surface area contributed by atoms with Gasteiger partial charge in [0.1, 0.15) is 84.1 Å². The molecule has 0 saturated carbocycles. The molecular weight excluding hydrogens is 1370 g/mol. The number of ether oxygens (including phenoxy) is 3. The number of guanidine groups is 1. The minimum atomic E-state index is -1.88. The summed E-state index contributed by atoms with van der Waals surface area (Å²) in [5.41, 5.74) is 22.1. The smallest absolute Gasteiger partial charge is 0.408 e. The van der Waals surface area contributed by atoms with Gasteiger partial charge in [0, 0.05) is 57.0 Å². The van der Waals surface area contributed by atoms with Gasteiger partial charge in [-0.3, -0.25) is 57.7 Å². The molecule has 3 heterocycles. The fourth-order valence-corrected chi connectivity index (χ4v) is 13.3. The zero-order valence-electron chi connectivity index (χ0n) is 57.3. The minimum Gasteiger partial charge on any atom is -0.508 e. The molecule has 0 aliphatic carbocycles. The van der Waals surface area contributed by atoms with E-state index in [0.29, 0.717) is 24.0 Å². The van der Waals surface area contributed by atoms with Crippen LogP contribution in [-0.2, 0) is 79.8 Å². The van der Waals surface area contributed by atoms with Gasteiger partial charge in [-0.25, -0.2) is 4.79 Å². The fourth-order valence-electron chi connectivity index (χ4n) is 11.0. The third-order valence-electron chi connectivity index (χ3n) is 16.3. The second kappa shape index (κ2) is 42.7. The normalized spacial score (nSPS) is 24.4. The van der Waals surface area contributed by atoms with Crippen LogP contribution in [0.5, 0.6) is 5.75 Å². The summed E-state index contributed by atoms with van der Waals surface area (Å²) in [6.45, 7) is 4.15. The summed E-state index contributed by atoms with van der Waals surface area (Å²) in [6.07, 6.45) is -5.49. The van der Waals surface area contributed by atoms with Gasteiger partial charge in [-0.1, -0.05) is 89.7 Å². The van der Waals surface area contributed by atoms with Crippen molar-refractivity contribution in [2.75, 3.05) is 50.9 Å². The lowest BCUT2D eigenvalue weighted by Crippen LogP contribution is -2.61. The molecule has 102 heavy (non-hydrogen) atoms. The molecule has 0 bridgehead atoms. The quantitative estimate of drug-likeness (QED) is 0.0148. The van der Waals surface area contributed by atoms with Crippen LogP contribution >= 0.6 is 21.6 Å². The number of carbonyl (C=O) groups is 12. The highest BCUT2D eigenvalue weighted by Crippen LogP contribution is 2.27. The van der Waals surface area contributed by atoms with Crippen LogP contribution in [0.1, 0.15) is 115 Å². The van der Waals surface area contributed by atoms with E-state index in [9.17, 15) is 78.3 Å². The Balaban J connectivity index is 1.36. The topological polar surface area (TPSA) is 562 Å². The summed E-state index contributed by atoms with van der Waals surface area (Å²) in [7, 11) is 1.82. The number of benzene rings is 2. The van der Waals surface area contributed by atoms with Crippen LogP contribution in [0.15, 0.2) is 59.6 Å². The molecule has 37 heteroatoms. The number of aliphatic hydroxyl groups excluding tert-OH is 4. The lowest BCUT2D eigenvalue weighted by molar-refractivity contribution is -0.301. The zero-order valence-corrected chi connectivity index (χ0v) is 59.0. The summed E-state index contributed by atoms with van der Waals surface area (Å²) in [6, 6.07) is 1.66. The molecule has 2 aromatic rings. The van der Waals surface area contributed by atoms with E-state index in [2.05, 4.69) is 52.8 Å². The second-order valence-corrected chi connectivity index (χ2v) is 28.3. The molecule has 566 valence electrons. The minimum absolute atomic E-state index is 0.0414. The van der Waals surface area contributed by atoms with Gasteiger partial charge in [-0.15, -0.1) is 0 Å². The first-order valence-corrected chi connectivity index (χ1v) is 36.2. The molecule has 0 spiro atoms. The molecular formula is C65H99N15O20S2. The van der Waals surface area contributed by atoms with Crippen molar-refractivity contribution in [1.82, 2.24) is 52.8 Å². The molecule has 22 N–H and O–H groups in total. The highest BCUT2D eigenvalue weighted by atomic mass is 33.1. The van der Waals surface area contributed by atoms with Gasteiger partial charge in [0.05, 0.1) is 19.6 Å². The van der Waals surface area contributed by atoms with Crippen LogP contribution in [0.3, 0.4) is 0 Å². The van der Waals surface area contributed by atoms with E-state index in [-0.39, 0.29) is 88.0 Å². The number of aromatic hydroxyl groups is 1. The number of hydrogen-bond donors (Lipinski definition) is 18. The summed E-state index contributed by atoms with van der Waals surface area (Å²) in [4.78, 5) is 173. The van der Waals surface area contributed by atoms with Crippen LogP contribution in [0.4, 0.5) is 4.79 Å². The Morgan fingerprint density at radius 1 is 0.706 bits per heavy atom. The van der Waals surface area contributed by atoms with Crippen molar-refractivity contribution in [2.45, 2.75) is 202 Å². The Kier molecular flexibility index (Phi) is 35.2. The van der Waals surface area contributed by atoms with Crippen molar-refractivity contribution in [3.05, 3.63) is 65.7 Å². The van der Waals surface area contributed by atoms with Crippen molar-refractivity contribution in [3.8, 4) is 5.75 Å². The van der Waals surface area contributed by atoms with Crippen LogP contribution < -0.4 is 70.8 Å². The Morgan fingerprint density at radius 2 is 1.30 bits per heavy atom. The number of carbonyl (C=O) groups excluding carboxylic acids is 12. The average Bonchev–Trinajstić information content (AvgIpc) is 1.27. The van der Waals surface area contributed by atoms with Gasteiger partial charge in [-0.05, 0) is 89.0 Å². The second-order valence-electron chi connectivity index (χ2n) is 25.8. The highest BCUT2D eigenvalue weighted by molar-refractivity contribution is 8.76. The number of nitrogens with zero attached hydrogens (tertiary/aromatic N) is 2. The third-order valence-corrected chi connectivity index (χ3v) is 18.7. The molecule has 12 amide bonds. The molecule has 35 nitrogen and oxygen atoms in total. The maximum atomic E-state index is 15.1. The summed E-state index contributed by atoms with van der Waals surface area (Å²) in [5.74, 6) is -11.2. The molecule has 3 saturated heterocycles. The number of likely N-dealkylation sites (tertiary alicyclic amines) is 1. The van der Waals surface area contributed by atoms with E-state index in [4.69, 9.17) is 37.1 Å². The van der Waals surface area contributed by atoms with E-state index in [0.717, 1.165) is 52.2 Å². The Hall–Kier alpha value is -8.59. The van der Waals surface area contributed by atoms with Crippen molar-refractivity contribution in [1.29, 1.82) is 0 Å². The van der Waals surface area contributed by atoms with E-state index >= 15 is 4.79 Å². The van der Waals surface area contributed by atoms with Gasteiger partial charge < -0.3 is 115 Å². The molecule has 0 radical (unpaired) electrons. The number of hydrogen-bond acceptors (Lipinski definition) is 23. The van der Waals surface area contributed by atoms with Gasteiger partial charge in [-0.2, -0.15) is 0 Å². The van der Waals surface area contributed by atoms with Crippen molar-refractivity contribution >= 4 is 98.6 Å². The van der Waals surface area contributed by atoms with Crippen LogP contribution in [0.25, 0.3) is 0 Å². The van der Waals surface area contributed by atoms with Crippen molar-refractivity contribution < 1.29 is 97.3 Å². The number of alkyl carbamates (subject to hydrolysis) is 1. The lowest BCUT2D eigenvalue weighted by Gasteiger charge is -2.39. The molecule has 13 atom stereocenters. The number of amides is 12. The predicted molar refractivity (Wildman–Crippen MR) is 372 cm³/mol. The number of aliphatic hydroxyl groups is 4. The summed E-state index contributed by atoms with van der Waals surface area (Å²) < 4.78 is 16.4. The molecule has 3 fully saturated rings. The lowest BCUT2D eigenvalue weighted by atomic mass is 9.99. The average molecular weight is 1470 g/mol. The van der Waals surface area contributed by atoms with Gasteiger partial charge in [0.15, 0.2) is 12.2 Å². The van der Waals surface area contributed by atoms with Crippen molar-refractivity contribution in [2.24, 2.45) is 27.9 Å². The first kappa shape index (κ1) is 84.1.